The number of hydrogen-bond donors (Lipinski definition) is 2. The summed E-state index contributed by atoms with van der Waals surface area (Å²) in [5.41, 5.74) is 0.330. The molecule has 0 fully saturated rings. The predicted molar refractivity (Wildman–Crippen MR) is 67.0 cm³/mol. The standard InChI is InChI=1S/C12H17ClN2O2/c1-8(2)5-9(7-16)15-12(17)10-6-14-4-3-11(10)13/h3-4,6,8-9,16H,5,7H2,1-2H3,(H,15,17). The zero-order valence-corrected chi connectivity index (χ0v) is 10.7. The molecule has 0 aliphatic rings. The lowest BCUT2D eigenvalue weighted by molar-refractivity contribution is 0.0908. The molecule has 0 aliphatic carbocycles. The van der Waals surface area contributed by atoms with Crippen LogP contribution in [0.2, 0.25) is 5.02 Å². The summed E-state index contributed by atoms with van der Waals surface area (Å²) in [7, 11) is 0. The first-order valence-electron chi connectivity index (χ1n) is 5.55. The number of carbonyl (C=O) groups excluding carboxylic acids is 1. The molecule has 1 heterocycles. The van der Waals surface area contributed by atoms with E-state index in [1.165, 1.54) is 12.4 Å². The summed E-state index contributed by atoms with van der Waals surface area (Å²) in [6.45, 7) is 3.99. The van der Waals surface area contributed by atoms with E-state index in [0.717, 1.165) is 6.42 Å². The van der Waals surface area contributed by atoms with E-state index in [0.29, 0.717) is 16.5 Å². The second kappa shape index (κ2) is 6.57. The van der Waals surface area contributed by atoms with Gasteiger partial charge in [0.15, 0.2) is 0 Å². The molecule has 0 aromatic carbocycles. The van der Waals surface area contributed by atoms with Gasteiger partial charge in [0.2, 0.25) is 0 Å². The molecule has 1 unspecified atom stereocenters. The Morgan fingerprint density at radius 3 is 2.82 bits per heavy atom. The molecular weight excluding hydrogens is 240 g/mol. The van der Waals surface area contributed by atoms with E-state index in [1.54, 1.807) is 6.07 Å². The molecule has 1 aromatic rings. The van der Waals surface area contributed by atoms with Crippen molar-refractivity contribution in [1.82, 2.24) is 10.3 Å². The van der Waals surface area contributed by atoms with E-state index in [2.05, 4.69) is 10.3 Å². The maximum absolute atomic E-state index is 11.9. The van der Waals surface area contributed by atoms with Crippen LogP contribution in [0.3, 0.4) is 0 Å². The Kier molecular flexibility index (Phi) is 5.38. The van der Waals surface area contributed by atoms with Crippen molar-refractivity contribution in [3.05, 3.63) is 29.0 Å². The molecule has 4 nitrogen and oxygen atoms in total. The summed E-state index contributed by atoms with van der Waals surface area (Å²) in [6, 6.07) is 1.31. The zero-order valence-electron chi connectivity index (χ0n) is 9.98. The maximum Gasteiger partial charge on any atom is 0.254 e. The molecule has 0 radical (unpaired) electrons. The fourth-order valence-electron chi connectivity index (χ4n) is 1.56. The molecule has 1 rings (SSSR count). The van der Waals surface area contributed by atoms with E-state index in [1.807, 2.05) is 13.8 Å². The summed E-state index contributed by atoms with van der Waals surface area (Å²) < 4.78 is 0. The fraction of sp³-hybridized carbons (Fsp3) is 0.500. The molecule has 0 saturated heterocycles. The third-order valence-corrected chi connectivity index (χ3v) is 2.65. The van der Waals surface area contributed by atoms with Crippen LogP contribution < -0.4 is 5.32 Å². The molecule has 0 aliphatic heterocycles. The van der Waals surface area contributed by atoms with Crippen LogP contribution in [-0.4, -0.2) is 28.6 Å². The van der Waals surface area contributed by atoms with Crippen molar-refractivity contribution in [2.45, 2.75) is 26.3 Å². The maximum atomic E-state index is 11.9. The number of nitrogens with one attached hydrogen (secondary N) is 1. The van der Waals surface area contributed by atoms with Gasteiger partial charge in [-0.1, -0.05) is 25.4 Å². The van der Waals surface area contributed by atoms with Gasteiger partial charge in [-0.25, -0.2) is 0 Å². The minimum atomic E-state index is -0.303. The first kappa shape index (κ1) is 13.9. The lowest BCUT2D eigenvalue weighted by Gasteiger charge is -2.18. The second-order valence-electron chi connectivity index (χ2n) is 4.34. The van der Waals surface area contributed by atoms with Crippen LogP contribution in [0.15, 0.2) is 18.5 Å². The highest BCUT2D eigenvalue weighted by Gasteiger charge is 2.16. The number of aliphatic hydroxyl groups is 1. The van der Waals surface area contributed by atoms with Crippen molar-refractivity contribution in [2.24, 2.45) is 5.92 Å². The van der Waals surface area contributed by atoms with Crippen LogP contribution in [0.5, 0.6) is 0 Å². The topological polar surface area (TPSA) is 62.2 Å². The molecular formula is C12H17ClN2O2. The van der Waals surface area contributed by atoms with Gasteiger partial charge in [0.05, 0.1) is 23.2 Å². The van der Waals surface area contributed by atoms with E-state index in [-0.39, 0.29) is 18.6 Å². The summed E-state index contributed by atoms with van der Waals surface area (Å²) >= 11 is 5.89. The van der Waals surface area contributed by atoms with Crippen molar-refractivity contribution in [2.75, 3.05) is 6.61 Å². The second-order valence-corrected chi connectivity index (χ2v) is 4.75. The van der Waals surface area contributed by atoms with Crippen LogP contribution in [0.1, 0.15) is 30.6 Å². The van der Waals surface area contributed by atoms with E-state index in [4.69, 9.17) is 11.6 Å². The smallest absolute Gasteiger partial charge is 0.254 e. The average Bonchev–Trinajstić information content (AvgIpc) is 2.27. The monoisotopic (exact) mass is 256 g/mol. The highest BCUT2D eigenvalue weighted by atomic mass is 35.5. The van der Waals surface area contributed by atoms with Crippen molar-refractivity contribution in [3.63, 3.8) is 0 Å². The highest BCUT2D eigenvalue weighted by Crippen LogP contribution is 2.14. The summed E-state index contributed by atoms with van der Waals surface area (Å²) in [5.74, 6) is 0.0969. The zero-order chi connectivity index (χ0) is 12.8. The van der Waals surface area contributed by atoms with Crippen LogP contribution in [-0.2, 0) is 0 Å². The molecule has 1 aromatic heterocycles. The molecule has 5 heteroatoms. The summed E-state index contributed by atoms with van der Waals surface area (Å²) in [6.07, 6.45) is 3.67. The molecule has 0 saturated carbocycles. The van der Waals surface area contributed by atoms with Gasteiger partial charge in [-0.2, -0.15) is 0 Å². The van der Waals surface area contributed by atoms with Gasteiger partial charge in [-0.3, -0.25) is 9.78 Å². The first-order chi connectivity index (χ1) is 8.04. The third-order valence-electron chi connectivity index (χ3n) is 2.32. The number of pyridine rings is 1. The van der Waals surface area contributed by atoms with E-state index < -0.39 is 0 Å². The Hall–Kier alpha value is -1.13. The van der Waals surface area contributed by atoms with Crippen LogP contribution in [0.4, 0.5) is 0 Å². The summed E-state index contributed by atoms with van der Waals surface area (Å²) in [4.78, 5) is 15.7. The predicted octanol–water partition coefficient (Wildman–Crippen LogP) is 1.87. The lowest BCUT2D eigenvalue weighted by Crippen LogP contribution is -2.38. The Balaban J connectivity index is 2.68. The van der Waals surface area contributed by atoms with Crippen molar-refractivity contribution in [3.8, 4) is 0 Å². The molecule has 0 bridgehead atoms. The van der Waals surface area contributed by atoms with Crippen molar-refractivity contribution >= 4 is 17.5 Å². The minimum Gasteiger partial charge on any atom is -0.394 e. The number of nitrogens with zero attached hydrogens (tertiary/aromatic N) is 1. The van der Waals surface area contributed by atoms with Gasteiger partial charge < -0.3 is 10.4 Å². The number of halogens is 1. The van der Waals surface area contributed by atoms with Crippen LogP contribution >= 0.6 is 11.6 Å². The van der Waals surface area contributed by atoms with Gasteiger partial charge in [-0.15, -0.1) is 0 Å². The number of amides is 1. The Morgan fingerprint density at radius 2 is 2.29 bits per heavy atom. The Labute approximate surface area is 106 Å². The number of aliphatic hydroxyl groups excluding tert-OH is 1. The summed E-state index contributed by atoms with van der Waals surface area (Å²) in [5, 5.41) is 12.3. The molecule has 0 spiro atoms. The number of aromatic nitrogens is 1. The number of carbonyl (C=O) groups is 1. The van der Waals surface area contributed by atoms with E-state index in [9.17, 15) is 9.90 Å². The van der Waals surface area contributed by atoms with E-state index >= 15 is 0 Å². The number of rotatable bonds is 5. The lowest BCUT2D eigenvalue weighted by atomic mass is 10.0. The SMILES string of the molecule is CC(C)CC(CO)NC(=O)c1cnccc1Cl. The van der Waals surface area contributed by atoms with Gasteiger partial charge in [0, 0.05) is 12.4 Å². The van der Waals surface area contributed by atoms with Gasteiger partial charge in [0.1, 0.15) is 0 Å². The minimum absolute atomic E-state index is 0.0815. The molecule has 1 amide bonds. The normalized spacial score (nSPS) is 12.5. The Morgan fingerprint density at radius 1 is 1.59 bits per heavy atom. The van der Waals surface area contributed by atoms with Crippen molar-refractivity contribution in [1.29, 1.82) is 0 Å². The Bertz CT molecular complexity index is 383. The third kappa shape index (κ3) is 4.32. The number of hydrogen-bond acceptors (Lipinski definition) is 3. The quantitative estimate of drug-likeness (QED) is 0.846. The van der Waals surface area contributed by atoms with Gasteiger partial charge in [0.25, 0.3) is 5.91 Å². The largest absolute Gasteiger partial charge is 0.394 e. The molecule has 94 valence electrons. The molecule has 1 atom stereocenters. The van der Waals surface area contributed by atoms with Crippen LogP contribution in [0.25, 0.3) is 0 Å². The molecule has 17 heavy (non-hydrogen) atoms. The van der Waals surface area contributed by atoms with Crippen molar-refractivity contribution < 1.29 is 9.90 Å². The van der Waals surface area contributed by atoms with Gasteiger partial charge in [-0.05, 0) is 18.4 Å². The highest BCUT2D eigenvalue weighted by molar-refractivity contribution is 6.33. The first-order valence-corrected chi connectivity index (χ1v) is 5.93. The fourth-order valence-corrected chi connectivity index (χ4v) is 1.75. The molecule has 2 N–H and O–H groups in total. The van der Waals surface area contributed by atoms with Crippen LogP contribution in [0, 0.1) is 5.92 Å². The van der Waals surface area contributed by atoms with Gasteiger partial charge >= 0.3 is 0 Å². The average molecular weight is 257 g/mol.